The number of ether oxygens (including phenoxy) is 2. The largest absolute Gasteiger partial charge is 0.495 e. The van der Waals surface area contributed by atoms with E-state index in [2.05, 4.69) is 10.6 Å². The van der Waals surface area contributed by atoms with Crippen LogP contribution in [0.15, 0.2) is 48.5 Å². The Morgan fingerprint density at radius 1 is 1.11 bits per heavy atom. The molecule has 6 nitrogen and oxygen atoms in total. The molecule has 1 aliphatic heterocycles. The summed E-state index contributed by atoms with van der Waals surface area (Å²) in [5.41, 5.74) is 3.07. The number of rotatable bonds is 4. The fourth-order valence-electron chi connectivity index (χ4n) is 3.08. The summed E-state index contributed by atoms with van der Waals surface area (Å²) >= 11 is 1.44. The maximum Gasteiger partial charge on any atom is 0.265 e. The van der Waals surface area contributed by atoms with Crippen LogP contribution in [0.4, 0.5) is 11.4 Å². The smallest absolute Gasteiger partial charge is 0.265 e. The molecule has 142 valence electrons. The van der Waals surface area contributed by atoms with Crippen molar-refractivity contribution >= 4 is 34.5 Å². The second kappa shape index (κ2) is 7.36. The number of carbonyl (C=O) groups excluding carboxylic acids is 2. The lowest BCUT2D eigenvalue weighted by Crippen LogP contribution is -2.12. The highest BCUT2D eigenvalue weighted by Gasteiger charge is 2.22. The van der Waals surface area contributed by atoms with Crippen molar-refractivity contribution in [2.24, 2.45) is 0 Å². The predicted molar refractivity (Wildman–Crippen MR) is 109 cm³/mol. The Morgan fingerprint density at radius 2 is 1.93 bits per heavy atom. The second-order valence-electron chi connectivity index (χ2n) is 6.30. The van der Waals surface area contributed by atoms with Gasteiger partial charge in [-0.3, -0.25) is 9.59 Å². The molecule has 0 bridgehead atoms. The standard InChI is InChI=1S/C21H18N2O4S/c1-12(24)22-16-10-14(7-8-18(16)26-2)23-21(25)19-9-13-11-27-17-6-4-3-5-15(17)20(13)28-19/h3-10H,11H2,1-2H3,(H,22,24)(H,23,25). The SMILES string of the molecule is COc1ccc(NC(=O)c2cc3c(s2)-c2ccccc2OC3)cc1NC(C)=O. The molecule has 0 spiro atoms. The van der Waals surface area contributed by atoms with E-state index >= 15 is 0 Å². The average Bonchev–Trinajstić information content (AvgIpc) is 3.13. The fraction of sp³-hybridized carbons (Fsp3) is 0.143. The van der Waals surface area contributed by atoms with Gasteiger partial charge in [0.25, 0.3) is 5.91 Å². The van der Waals surface area contributed by atoms with Gasteiger partial charge in [0.2, 0.25) is 5.91 Å². The van der Waals surface area contributed by atoms with Crippen molar-refractivity contribution < 1.29 is 19.1 Å². The lowest BCUT2D eigenvalue weighted by Gasteiger charge is -2.16. The molecule has 0 fully saturated rings. The number of nitrogens with one attached hydrogen (secondary N) is 2. The van der Waals surface area contributed by atoms with Crippen molar-refractivity contribution in [3.05, 3.63) is 59.0 Å². The molecular weight excluding hydrogens is 376 g/mol. The number of amides is 2. The lowest BCUT2D eigenvalue weighted by atomic mass is 10.1. The zero-order chi connectivity index (χ0) is 19.7. The molecule has 7 heteroatoms. The summed E-state index contributed by atoms with van der Waals surface area (Å²) in [4.78, 5) is 25.8. The van der Waals surface area contributed by atoms with E-state index in [9.17, 15) is 9.59 Å². The van der Waals surface area contributed by atoms with Crippen molar-refractivity contribution in [1.29, 1.82) is 0 Å². The maximum absolute atomic E-state index is 12.8. The van der Waals surface area contributed by atoms with E-state index in [1.54, 1.807) is 18.2 Å². The number of fused-ring (bicyclic) bond motifs is 3. The van der Waals surface area contributed by atoms with Crippen molar-refractivity contribution in [1.82, 2.24) is 0 Å². The fourth-order valence-corrected chi connectivity index (χ4v) is 4.17. The first-order chi connectivity index (χ1) is 13.5. The molecule has 0 atom stereocenters. The van der Waals surface area contributed by atoms with Gasteiger partial charge in [-0.2, -0.15) is 0 Å². The Bertz CT molecular complexity index is 1070. The Morgan fingerprint density at radius 3 is 2.71 bits per heavy atom. The van der Waals surface area contributed by atoms with Gasteiger partial charge in [-0.05, 0) is 36.4 Å². The van der Waals surface area contributed by atoms with Gasteiger partial charge in [0, 0.05) is 28.6 Å². The minimum atomic E-state index is -0.216. The van der Waals surface area contributed by atoms with Crippen LogP contribution in [0.5, 0.6) is 11.5 Å². The Labute approximate surface area is 166 Å². The van der Waals surface area contributed by atoms with Gasteiger partial charge in [-0.1, -0.05) is 12.1 Å². The Kier molecular flexibility index (Phi) is 4.75. The first-order valence-electron chi connectivity index (χ1n) is 8.67. The molecule has 0 unspecified atom stereocenters. The van der Waals surface area contributed by atoms with Gasteiger partial charge in [0.05, 0.1) is 17.7 Å². The molecule has 2 aromatic carbocycles. The van der Waals surface area contributed by atoms with Crippen molar-refractivity contribution in [3.8, 4) is 21.9 Å². The van der Waals surface area contributed by atoms with Crippen LogP contribution in [0.25, 0.3) is 10.4 Å². The molecule has 1 aliphatic rings. The number of para-hydroxylation sites is 1. The first kappa shape index (κ1) is 18.1. The normalized spacial score (nSPS) is 11.6. The van der Waals surface area contributed by atoms with Gasteiger partial charge >= 0.3 is 0 Å². The van der Waals surface area contributed by atoms with E-state index in [0.717, 1.165) is 21.8 Å². The summed E-state index contributed by atoms with van der Waals surface area (Å²) < 4.78 is 11.0. The van der Waals surface area contributed by atoms with E-state index in [0.29, 0.717) is 28.6 Å². The monoisotopic (exact) mass is 394 g/mol. The van der Waals surface area contributed by atoms with Crippen LogP contribution in [0.2, 0.25) is 0 Å². The van der Waals surface area contributed by atoms with Gasteiger partial charge in [0.15, 0.2) is 0 Å². The highest BCUT2D eigenvalue weighted by atomic mass is 32.1. The Hall–Kier alpha value is -3.32. The van der Waals surface area contributed by atoms with E-state index in [-0.39, 0.29) is 11.8 Å². The van der Waals surface area contributed by atoms with Crippen LogP contribution in [0.3, 0.4) is 0 Å². The third-order valence-corrected chi connectivity index (χ3v) is 5.53. The summed E-state index contributed by atoms with van der Waals surface area (Å²) in [6, 6.07) is 14.8. The summed E-state index contributed by atoms with van der Waals surface area (Å²) in [6.07, 6.45) is 0. The minimum Gasteiger partial charge on any atom is -0.495 e. The molecule has 0 aliphatic carbocycles. The first-order valence-corrected chi connectivity index (χ1v) is 9.48. The third-order valence-electron chi connectivity index (χ3n) is 4.32. The van der Waals surface area contributed by atoms with Crippen LogP contribution in [0, 0.1) is 0 Å². The van der Waals surface area contributed by atoms with Gasteiger partial charge in [0.1, 0.15) is 18.1 Å². The van der Waals surface area contributed by atoms with Crippen molar-refractivity contribution in [3.63, 3.8) is 0 Å². The van der Waals surface area contributed by atoms with Crippen LogP contribution < -0.4 is 20.1 Å². The molecule has 2 amide bonds. The van der Waals surface area contributed by atoms with Crippen LogP contribution in [-0.2, 0) is 11.4 Å². The molecule has 0 radical (unpaired) electrons. The van der Waals surface area contributed by atoms with Crippen LogP contribution in [0.1, 0.15) is 22.2 Å². The quantitative estimate of drug-likeness (QED) is 0.682. The van der Waals surface area contributed by atoms with Crippen molar-refractivity contribution in [2.75, 3.05) is 17.7 Å². The number of methoxy groups -OCH3 is 1. The number of anilines is 2. The average molecular weight is 394 g/mol. The van der Waals surface area contributed by atoms with Gasteiger partial charge < -0.3 is 20.1 Å². The van der Waals surface area contributed by atoms with E-state index in [1.807, 2.05) is 30.3 Å². The summed E-state index contributed by atoms with van der Waals surface area (Å²) in [6.45, 7) is 1.87. The highest BCUT2D eigenvalue weighted by Crippen LogP contribution is 2.42. The van der Waals surface area contributed by atoms with Crippen LogP contribution >= 0.6 is 11.3 Å². The molecule has 0 saturated heterocycles. The highest BCUT2D eigenvalue weighted by molar-refractivity contribution is 7.17. The second-order valence-corrected chi connectivity index (χ2v) is 7.35. The molecule has 0 saturated carbocycles. The predicted octanol–water partition coefficient (Wildman–Crippen LogP) is 4.53. The van der Waals surface area contributed by atoms with Gasteiger partial charge in [-0.15, -0.1) is 11.3 Å². The zero-order valence-electron chi connectivity index (χ0n) is 15.4. The van der Waals surface area contributed by atoms with E-state index in [1.165, 1.54) is 25.4 Å². The van der Waals surface area contributed by atoms with E-state index in [4.69, 9.17) is 9.47 Å². The Balaban J connectivity index is 1.59. The lowest BCUT2D eigenvalue weighted by molar-refractivity contribution is -0.114. The number of hydrogen-bond acceptors (Lipinski definition) is 5. The van der Waals surface area contributed by atoms with Gasteiger partial charge in [-0.25, -0.2) is 0 Å². The maximum atomic E-state index is 12.8. The summed E-state index contributed by atoms with van der Waals surface area (Å²) in [5.74, 6) is 0.926. The minimum absolute atomic E-state index is 0.212. The number of hydrogen-bond donors (Lipinski definition) is 2. The number of thiophene rings is 1. The molecule has 28 heavy (non-hydrogen) atoms. The number of benzene rings is 2. The van der Waals surface area contributed by atoms with E-state index < -0.39 is 0 Å². The molecule has 2 heterocycles. The topological polar surface area (TPSA) is 76.7 Å². The molecule has 3 aromatic rings. The third kappa shape index (κ3) is 3.44. The number of carbonyl (C=O) groups is 2. The zero-order valence-corrected chi connectivity index (χ0v) is 16.2. The summed E-state index contributed by atoms with van der Waals surface area (Å²) in [7, 11) is 1.52. The molecule has 1 aromatic heterocycles. The van der Waals surface area contributed by atoms with Crippen molar-refractivity contribution in [2.45, 2.75) is 13.5 Å². The summed E-state index contributed by atoms with van der Waals surface area (Å²) in [5, 5.41) is 5.58. The molecule has 4 rings (SSSR count). The molecular formula is C21H18N2O4S. The molecule has 2 N–H and O–H groups in total. The van der Waals surface area contributed by atoms with Crippen LogP contribution in [-0.4, -0.2) is 18.9 Å².